The Morgan fingerprint density at radius 1 is 1.21 bits per heavy atom. The zero-order valence-corrected chi connectivity index (χ0v) is 17.5. The molecule has 1 aromatic rings. The van der Waals surface area contributed by atoms with Gasteiger partial charge < -0.3 is 9.64 Å². The van der Waals surface area contributed by atoms with Gasteiger partial charge in [0.15, 0.2) is 21.7 Å². The molecule has 28 heavy (non-hydrogen) atoms. The molecular weight excluding hydrogens is 406 g/mol. The third-order valence-electron chi connectivity index (χ3n) is 4.65. The van der Waals surface area contributed by atoms with E-state index in [1.54, 1.807) is 31.2 Å². The van der Waals surface area contributed by atoms with E-state index in [0.29, 0.717) is 23.6 Å². The zero-order valence-electron chi connectivity index (χ0n) is 15.9. The molecule has 0 aromatic heterocycles. The average molecular weight is 430 g/mol. The van der Waals surface area contributed by atoms with E-state index in [9.17, 15) is 22.8 Å². The Labute approximate surface area is 169 Å². The van der Waals surface area contributed by atoms with Gasteiger partial charge in [-0.1, -0.05) is 11.6 Å². The number of hydrogen-bond acceptors (Lipinski definition) is 6. The SMILES string of the molecule is CCN(C(=O)C(C)OC(=O)CCC(=O)c1ccc(Cl)cc1)C1CCS(=O)(=O)C1. The molecule has 1 heterocycles. The lowest BCUT2D eigenvalue weighted by Crippen LogP contribution is -2.46. The van der Waals surface area contributed by atoms with E-state index in [4.69, 9.17) is 16.3 Å². The molecule has 2 atom stereocenters. The standard InChI is InChI=1S/C19H24ClNO6S/c1-3-21(16-10-11-28(25,26)12-16)19(24)13(2)27-18(23)9-8-17(22)14-4-6-15(20)7-5-14/h4-7,13,16H,3,8-12H2,1-2H3. The maximum absolute atomic E-state index is 12.6. The molecule has 2 unspecified atom stereocenters. The van der Waals surface area contributed by atoms with Crippen LogP contribution in [-0.4, -0.2) is 61.2 Å². The van der Waals surface area contributed by atoms with E-state index in [1.807, 2.05) is 0 Å². The van der Waals surface area contributed by atoms with Gasteiger partial charge in [0.1, 0.15) is 0 Å². The minimum absolute atomic E-state index is 0.0419. The minimum atomic E-state index is -3.13. The molecule has 1 aliphatic rings. The molecule has 2 rings (SSSR count). The number of ether oxygens (including phenoxy) is 1. The monoisotopic (exact) mass is 429 g/mol. The lowest BCUT2D eigenvalue weighted by atomic mass is 10.1. The van der Waals surface area contributed by atoms with Gasteiger partial charge in [0.05, 0.1) is 17.9 Å². The van der Waals surface area contributed by atoms with Gasteiger partial charge in [-0.3, -0.25) is 14.4 Å². The van der Waals surface area contributed by atoms with Crippen molar-refractivity contribution in [3.05, 3.63) is 34.9 Å². The largest absolute Gasteiger partial charge is 0.453 e. The van der Waals surface area contributed by atoms with Gasteiger partial charge in [-0.15, -0.1) is 0 Å². The number of sulfone groups is 1. The average Bonchev–Trinajstić information content (AvgIpc) is 3.00. The number of likely N-dealkylation sites (N-methyl/N-ethyl adjacent to an activating group) is 1. The summed E-state index contributed by atoms with van der Waals surface area (Å²) in [5.41, 5.74) is 0.445. The number of amides is 1. The van der Waals surface area contributed by atoms with Crippen molar-refractivity contribution in [3.63, 3.8) is 0 Å². The van der Waals surface area contributed by atoms with Crippen molar-refractivity contribution in [2.45, 2.75) is 45.3 Å². The van der Waals surface area contributed by atoms with Crippen molar-refractivity contribution in [1.29, 1.82) is 0 Å². The number of benzene rings is 1. The molecule has 1 saturated heterocycles. The highest BCUT2D eigenvalue weighted by Gasteiger charge is 2.36. The van der Waals surface area contributed by atoms with Gasteiger partial charge >= 0.3 is 5.97 Å². The van der Waals surface area contributed by atoms with Crippen LogP contribution in [-0.2, 0) is 24.2 Å². The Bertz CT molecular complexity index is 836. The summed E-state index contributed by atoms with van der Waals surface area (Å²) < 4.78 is 28.5. The van der Waals surface area contributed by atoms with Crippen molar-refractivity contribution >= 4 is 39.1 Å². The molecule has 0 aliphatic carbocycles. The van der Waals surface area contributed by atoms with E-state index in [1.165, 1.54) is 11.8 Å². The maximum atomic E-state index is 12.6. The number of hydrogen-bond donors (Lipinski definition) is 0. The molecule has 0 bridgehead atoms. The van der Waals surface area contributed by atoms with Crippen molar-refractivity contribution in [3.8, 4) is 0 Å². The summed E-state index contributed by atoms with van der Waals surface area (Å²) >= 11 is 5.78. The molecule has 0 radical (unpaired) electrons. The van der Waals surface area contributed by atoms with Crippen LogP contribution in [0.5, 0.6) is 0 Å². The molecule has 0 saturated carbocycles. The first-order chi connectivity index (χ1) is 13.1. The van der Waals surface area contributed by atoms with E-state index in [0.717, 1.165) is 0 Å². The van der Waals surface area contributed by atoms with E-state index >= 15 is 0 Å². The third-order valence-corrected chi connectivity index (χ3v) is 6.65. The number of Topliss-reactive ketones (excluding diaryl/α,β-unsaturated/α-hetero) is 1. The number of nitrogens with zero attached hydrogens (tertiary/aromatic N) is 1. The molecule has 154 valence electrons. The lowest BCUT2D eigenvalue weighted by Gasteiger charge is -2.29. The Kier molecular flexibility index (Phi) is 7.60. The van der Waals surface area contributed by atoms with Crippen LogP contribution in [0.3, 0.4) is 0 Å². The van der Waals surface area contributed by atoms with Crippen LogP contribution in [0.15, 0.2) is 24.3 Å². The predicted molar refractivity (Wildman–Crippen MR) is 105 cm³/mol. The predicted octanol–water partition coefficient (Wildman–Crippen LogP) is 2.27. The fraction of sp³-hybridized carbons (Fsp3) is 0.526. The fourth-order valence-electron chi connectivity index (χ4n) is 3.15. The molecular formula is C19H24ClNO6S. The number of rotatable bonds is 8. The number of ketones is 1. The second-order valence-corrected chi connectivity index (χ2v) is 9.41. The van der Waals surface area contributed by atoms with Crippen molar-refractivity contribution < 1.29 is 27.5 Å². The second-order valence-electron chi connectivity index (χ2n) is 6.74. The van der Waals surface area contributed by atoms with Gasteiger partial charge in [0, 0.05) is 29.6 Å². The maximum Gasteiger partial charge on any atom is 0.307 e. The van der Waals surface area contributed by atoms with Crippen LogP contribution in [0.4, 0.5) is 0 Å². The highest BCUT2D eigenvalue weighted by molar-refractivity contribution is 7.91. The molecule has 9 heteroatoms. The van der Waals surface area contributed by atoms with Gasteiger partial charge in [0.25, 0.3) is 5.91 Å². The van der Waals surface area contributed by atoms with Gasteiger partial charge in [-0.2, -0.15) is 0 Å². The molecule has 0 N–H and O–H groups in total. The summed E-state index contributed by atoms with van der Waals surface area (Å²) in [4.78, 5) is 38.1. The highest BCUT2D eigenvalue weighted by Crippen LogP contribution is 2.19. The molecule has 1 amide bonds. The van der Waals surface area contributed by atoms with E-state index in [2.05, 4.69) is 0 Å². The van der Waals surface area contributed by atoms with Crippen LogP contribution in [0.25, 0.3) is 0 Å². The Morgan fingerprint density at radius 2 is 1.86 bits per heavy atom. The third kappa shape index (κ3) is 6.04. The first-order valence-electron chi connectivity index (χ1n) is 9.12. The summed E-state index contributed by atoms with van der Waals surface area (Å²) in [5.74, 6) is -1.31. The summed E-state index contributed by atoms with van der Waals surface area (Å²) in [6.45, 7) is 3.53. The molecule has 0 spiro atoms. The summed E-state index contributed by atoms with van der Waals surface area (Å²) in [5, 5.41) is 0.513. The first kappa shape index (κ1) is 22.4. The smallest absolute Gasteiger partial charge is 0.307 e. The minimum Gasteiger partial charge on any atom is -0.453 e. The number of esters is 1. The van der Waals surface area contributed by atoms with Crippen LogP contribution in [0.2, 0.25) is 5.02 Å². The number of carbonyl (C=O) groups is 3. The zero-order chi connectivity index (χ0) is 20.9. The van der Waals surface area contributed by atoms with Crippen LogP contribution in [0, 0.1) is 0 Å². The Hall–Kier alpha value is -1.93. The summed E-state index contributed by atoms with van der Waals surface area (Å²) in [7, 11) is -3.13. The number of halogens is 1. The fourth-order valence-corrected chi connectivity index (χ4v) is 5.01. The summed E-state index contributed by atoms with van der Waals surface area (Å²) in [6.07, 6.45) is -0.845. The van der Waals surface area contributed by atoms with E-state index < -0.39 is 33.9 Å². The topological polar surface area (TPSA) is 97.8 Å². The highest BCUT2D eigenvalue weighted by atomic mass is 35.5. The Balaban J connectivity index is 1.85. The Morgan fingerprint density at radius 3 is 2.39 bits per heavy atom. The number of carbonyl (C=O) groups excluding carboxylic acids is 3. The van der Waals surface area contributed by atoms with Gasteiger partial charge in [-0.05, 0) is 44.5 Å². The molecule has 1 aromatic carbocycles. The molecule has 1 fully saturated rings. The van der Waals surface area contributed by atoms with Crippen LogP contribution >= 0.6 is 11.6 Å². The summed E-state index contributed by atoms with van der Waals surface area (Å²) in [6, 6.07) is 5.95. The van der Waals surface area contributed by atoms with Crippen LogP contribution in [0.1, 0.15) is 43.5 Å². The van der Waals surface area contributed by atoms with Gasteiger partial charge in [0.2, 0.25) is 0 Å². The first-order valence-corrected chi connectivity index (χ1v) is 11.3. The lowest BCUT2D eigenvalue weighted by molar-refractivity contribution is -0.159. The van der Waals surface area contributed by atoms with Crippen molar-refractivity contribution in [1.82, 2.24) is 4.90 Å². The van der Waals surface area contributed by atoms with Gasteiger partial charge in [-0.25, -0.2) is 8.42 Å². The molecule has 1 aliphatic heterocycles. The van der Waals surface area contributed by atoms with Crippen molar-refractivity contribution in [2.24, 2.45) is 0 Å². The quantitative estimate of drug-likeness (QED) is 0.464. The van der Waals surface area contributed by atoms with Crippen molar-refractivity contribution in [2.75, 3.05) is 18.1 Å². The van der Waals surface area contributed by atoms with E-state index in [-0.39, 0.29) is 30.1 Å². The molecule has 7 nitrogen and oxygen atoms in total. The second kappa shape index (κ2) is 9.52. The normalized spacial score (nSPS) is 19.0. The van der Waals surface area contributed by atoms with Crippen LogP contribution < -0.4 is 0 Å².